The van der Waals surface area contributed by atoms with E-state index in [0.29, 0.717) is 0 Å². The van der Waals surface area contributed by atoms with Crippen LogP contribution in [0.1, 0.15) is 38.0 Å². The number of para-hydroxylation sites is 1. The van der Waals surface area contributed by atoms with Crippen molar-refractivity contribution in [2.75, 3.05) is 20.2 Å². The zero-order valence-electron chi connectivity index (χ0n) is 17.6. The van der Waals surface area contributed by atoms with E-state index in [9.17, 15) is 4.79 Å². The Morgan fingerprint density at radius 1 is 1.10 bits per heavy atom. The van der Waals surface area contributed by atoms with Crippen LogP contribution in [0.3, 0.4) is 0 Å². The molecule has 0 spiro atoms. The second-order valence-electron chi connectivity index (χ2n) is 7.27. The van der Waals surface area contributed by atoms with E-state index < -0.39 is 0 Å². The summed E-state index contributed by atoms with van der Waals surface area (Å²) in [6, 6.07) is 14.6. The number of rotatable bonds is 6. The Balaban J connectivity index is 2.07. The van der Waals surface area contributed by atoms with Gasteiger partial charge in [-0.3, -0.25) is 4.79 Å². The monoisotopic (exact) mass is 408 g/mol. The molecule has 0 radical (unpaired) electrons. The number of amides is 1. The van der Waals surface area contributed by atoms with Gasteiger partial charge in [-0.25, -0.2) is 0 Å². The molecule has 4 rings (SSSR count). The molecule has 29 heavy (non-hydrogen) atoms. The highest BCUT2D eigenvalue weighted by Gasteiger charge is 2.37. The van der Waals surface area contributed by atoms with Crippen molar-refractivity contribution < 1.29 is 9.53 Å². The molecule has 0 bridgehead atoms. The highest BCUT2D eigenvalue weighted by molar-refractivity contribution is 8.00. The van der Waals surface area contributed by atoms with E-state index in [2.05, 4.69) is 41.8 Å². The summed E-state index contributed by atoms with van der Waals surface area (Å²) in [5, 5.41) is 0.882. The van der Waals surface area contributed by atoms with E-state index in [1.54, 1.807) is 18.9 Å². The molecule has 5 heteroatoms. The second-order valence-corrected chi connectivity index (χ2v) is 8.42. The first kappa shape index (κ1) is 19.9. The first-order chi connectivity index (χ1) is 14.2. The smallest absolute Gasteiger partial charge is 0.240 e. The lowest BCUT2D eigenvalue weighted by Gasteiger charge is -2.30. The summed E-state index contributed by atoms with van der Waals surface area (Å²) < 4.78 is 8.11. The van der Waals surface area contributed by atoms with Crippen LogP contribution < -0.4 is 4.74 Å². The third kappa shape index (κ3) is 3.12. The highest BCUT2D eigenvalue weighted by atomic mass is 32.2. The third-order valence-corrected chi connectivity index (χ3v) is 6.98. The molecular formula is C24H28N2O2S. The number of aryl methyl sites for hydroxylation is 1. The summed E-state index contributed by atoms with van der Waals surface area (Å²) in [5.74, 6) is 1.05. The SMILES string of the molecule is CCCn1c2c(c3cccc(OC)c31)C(C(=O)N(CC)CC)Sc1ccccc1-2. The molecule has 152 valence electrons. The minimum absolute atomic E-state index is 0.189. The third-order valence-electron chi connectivity index (χ3n) is 5.70. The van der Waals surface area contributed by atoms with Crippen molar-refractivity contribution in [3.63, 3.8) is 0 Å². The number of carbonyl (C=O) groups is 1. The maximum atomic E-state index is 13.6. The number of fused-ring (bicyclic) bond motifs is 5. The highest BCUT2D eigenvalue weighted by Crippen LogP contribution is 2.54. The van der Waals surface area contributed by atoms with Crippen molar-refractivity contribution in [2.24, 2.45) is 0 Å². The maximum Gasteiger partial charge on any atom is 0.240 e. The quantitative estimate of drug-likeness (QED) is 0.521. The number of hydrogen-bond donors (Lipinski definition) is 0. The number of thioether (sulfide) groups is 1. The molecule has 1 unspecified atom stereocenters. The first-order valence-corrected chi connectivity index (χ1v) is 11.3. The Bertz CT molecular complexity index is 1050. The van der Waals surface area contributed by atoms with Gasteiger partial charge in [0, 0.05) is 41.0 Å². The summed E-state index contributed by atoms with van der Waals surface area (Å²) in [5.41, 5.74) is 4.61. The van der Waals surface area contributed by atoms with Gasteiger partial charge in [-0.15, -0.1) is 11.8 Å². The van der Waals surface area contributed by atoms with Gasteiger partial charge in [0.25, 0.3) is 0 Å². The van der Waals surface area contributed by atoms with Crippen molar-refractivity contribution in [2.45, 2.75) is 43.9 Å². The molecule has 2 heterocycles. The van der Waals surface area contributed by atoms with E-state index >= 15 is 0 Å². The van der Waals surface area contributed by atoms with Crippen LogP contribution in [-0.2, 0) is 11.3 Å². The Morgan fingerprint density at radius 2 is 1.86 bits per heavy atom. The van der Waals surface area contributed by atoms with Crippen LogP contribution in [0.15, 0.2) is 47.4 Å². The first-order valence-electron chi connectivity index (χ1n) is 10.4. The molecule has 0 aliphatic carbocycles. The lowest BCUT2D eigenvalue weighted by molar-refractivity contribution is -0.130. The molecule has 3 aromatic rings. The minimum Gasteiger partial charge on any atom is -0.495 e. The minimum atomic E-state index is -0.243. The van der Waals surface area contributed by atoms with E-state index in [0.717, 1.165) is 48.3 Å². The van der Waals surface area contributed by atoms with Crippen LogP contribution in [0.2, 0.25) is 0 Å². The van der Waals surface area contributed by atoms with Crippen molar-refractivity contribution in [3.8, 4) is 17.0 Å². The van der Waals surface area contributed by atoms with Crippen molar-refractivity contribution in [1.82, 2.24) is 9.47 Å². The number of nitrogens with zero attached hydrogens (tertiary/aromatic N) is 2. The molecule has 0 fully saturated rings. The average Bonchev–Trinajstić information content (AvgIpc) is 3.09. The number of ether oxygens (including phenoxy) is 1. The van der Waals surface area contributed by atoms with Gasteiger partial charge in [-0.05, 0) is 32.4 Å². The summed E-state index contributed by atoms with van der Waals surface area (Å²) in [4.78, 5) is 16.7. The Hall–Kier alpha value is -2.40. The molecule has 1 aromatic heterocycles. The van der Waals surface area contributed by atoms with Gasteiger partial charge < -0.3 is 14.2 Å². The van der Waals surface area contributed by atoms with Gasteiger partial charge in [-0.1, -0.05) is 37.3 Å². The van der Waals surface area contributed by atoms with E-state index in [1.807, 2.05) is 30.9 Å². The van der Waals surface area contributed by atoms with Crippen LogP contribution >= 0.6 is 11.8 Å². The predicted octanol–water partition coefficient (Wildman–Crippen LogP) is 5.74. The van der Waals surface area contributed by atoms with E-state index in [4.69, 9.17) is 4.74 Å². The summed E-state index contributed by atoms with van der Waals surface area (Å²) in [7, 11) is 1.72. The predicted molar refractivity (Wildman–Crippen MR) is 121 cm³/mol. The Morgan fingerprint density at radius 3 is 2.55 bits per heavy atom. The molecule has 0 saturated heterocycles. The van der Waals surface area contributed by atoms with Crippen LogP contribution in [-0.4, -0.2) is 35.6 Å². The number of carbonyl (C=O) groups excluding carboxylic acids is 1. The molecule has 4 nitrogen and oxygen atoms in total. The van der Waals surface area contributed by atoms with Crippen LogP contribution in [0.5, 0.6) is 5.75 Å². The Kier molecular flexibility index (Phi) is 5.59. The summed E-state index contributed by atoms with van der Waals surface area (Å²) in [6.07, 6.45) is 1.01. The summed E-state index contributed by atoms with van der Waals surface area (Å²) >= 11 is 1.68. The maximum absolute atomic E-state index is 13.6. The molecular weight excluding hydrogens is 380 g/mol. The Labute approximate surface area is 176 Å². The van der Waals surface area contributed by atoms with Crippen LogP contribution in [0.25, 0.3) is 22.2 Å². The van der Waals surface area contributed by atoms with Crippen molar-refractivity contribution >= 4 is 28.6 Å². The van der Waals surface area contributed by atoms with Gasteiger partial charge in [0.2, 0.25) is 5.91 Å². The lowest BCUT2D eigenvalue weighted by atomic mass is 10.0. The standard InChI is InChI=1S/C24H28N2O2S/c1-5-15-26-21-17(12-10-13-18(21)28-4)20-22(26)16-11-8-9-14-19(16)29-23(20)24(27)25(6-2)7-3/h8-14,23H,5-7,15H2,1-4H3. The van der Waals surface area contributed by atoms with Gasteiger partial charge in [0.15, 0.2) is 0 Å². The van der Waals surface area contributed by atoms with E-state index in [1.165, 1.54) is 16.2 Å². The van der Waals surface area contributed by atoms with Crippen molar-refractivity contribution in [1.29, 1.82) is 0 Å². The normalized spacial score (nSPS) is 15.1. The second kappa shape index (κ2) is 8.15. The molecule has 0 N–H and O–H groups in total. The van der Waals surface area contributed by atoms with E-state index in [-0.39, 0.29) is 11.2 Å². The largest absolute Gasteiger partial charge is 0.495 e. The lowest BCUT2D eigenvalue weighted by Crippen LogP contribution is -2.34. The van der Waals surface area contributed by atoms with Crippen LogP contribution in [0.4, 0.5) is 0 Å². The molecule has 1 aliphatic heterocycles. The zero-order chi connectivity index (χ0) is 20.5. The fraction of sp³-hybridized carbons (Fsp3) is 0.375. The zero-order valence-corrected chi connectivity index (χ0v) is 18.4. The summed E-state index contributed by atoms with van der Waals surface area (Å²) in [6.45, 7) is 8.62. The molecule has 1 atom stereocenters. The molecule has 2 aromatic carbocycles. The van der Waals surface area contributed by atoms with Gasteiger partial charge in [0.1, 0.15) is 11.0 Å². The molecule has 0 saturated carbocycles. The topological polar surface area (TPSA) is 34.5 Å². The number of likely N-dealkylation sites (N-methyl/N-ethyl adjacent to an activating group) is 1. The van der Waals surface area contributed by atoms with Crippen LogP contribution in [0, 0.1) is 0 Å². The number of methoxy groups -OCH3 is 1. The van der Waals surface area contributed by atoms with Gasteiger partial charge >= 0.3 is 0 Å². The van der Waals surface area contributed by atoms with Crippen molar-refractivity contribution in [3.05, 3.63) is 48.0 Å². The molecule has 1 aliphatic rings. The number of aromatic nitrogens is 1. The fourth-order valence-corrected chi connectivity index (χ4v) is 5.71. The fourth-order valence-electron chi connectivity index (χ4n) is 4.40. The average molecular weight is 409 g/mol. The molecule has 1 amide bonds. The number of benzene rings is 2. The van der Waals surface area contributed by atoms with Gasteiger partial charge in [-0.2, -0.15) is 0 Å². The number of hydrogen-bond acceptors (Lipinski definition) is 3. The van der Waals surface area contributed by atoms with Gasteiger partial charge in [0.05, 0.1) is 18.3 Å².